The number of nitrogens with zero attached hydrogens (tertiary/aromatic N) is 3. The van der Waals surface area contributed by atoms with Gasteiger partial charge < -0.3 is 14.3 Å². The maximum atomic E-state index is 12.7. The molecule has 1 aliphatic heterocycles. The third kappa shape index (κ3) is 4.05. The van der Waals surface area contributed by atoms with Crippen molar-refractivity contribution >= 4 is 22.4 Å². The fourth-order valence-electron chi connectivity index (χ4n) is 2.71. The van der Waals surface area contributed by atoms with Gasteiger partial charge in [-0.25, -0.2) is 8.42 Å². The van der Waals surface area contributed by atoms with E-state index in [-0.39, 0.29) is 35.0 Å². The van der Waals surface area contributed by atoms with Gasteiger partial charge in [-0.3, -0.25) is 0 Å². The van der Waals surface area contributed by atoms with Crippen LogP contribution in [0, 0.1) is 6.92 Å². The summed E-state index contributed by atoms with van der Waals surface area (Å²) in [7, 11) is -1.67. The predicted octanol–water partition coefficient (Wildman–Crippen LogP) is 1.99. The highest BCUT2D eigenvalue weighted by Gasteiger charge is 2.31. The number of furan rings is 1. The summed E-state index contributed by atoms with van der Waals surface area (Å²) in [5, 5.41) is 7.01. The van der Waals surface area contributed by atoms with Gasteiger partial charge in [-0.2, -0.15) is 9.29 Å². The first kappa shape index (κ1) is 19.9. The maximum Gasteiger partial charge on any atom is 0.293 e. The minimum atomic E-state index is -3.53. The van der Waals surface area contributed by atoms with E-state index >= 15 is 0 Å². The van der Waals surface area contributed by atoms with Gasteiger partial charge in [0, 0.05) is 31.6 Å². The van der Waals surface area contributed by atoms with Crippen LogP contribution in [0.4, 0.5) is 0 Å². The molecule has 3 rings (SSSR count). The average molecular weight is 391 g/mol. The van der Waals surface area contributed by atoms with E-state index in [9.17, 15) is 8.42 Å². The molecular weight excluding hydrogens is 368 g/mol. The number of aromatic nitrogens is 2. The summed E-state index contributed by atoms with van der Waals surface area (Å²) in [6, 6.07) is 1.68. The second-order valence-electron chi connectivity index (χ2n) is 6.05. The van der Waals surface area contributed by atoms with Gasteiger partial charge in [0.25, 0.3) is 5.89 Å². The van der Waals surface area contributed by atoms with Crippen LogP contribution in [0.5, 0.6) is 0 Å². The summed E-state index contributed by atoms with van der Waals surface area (Å²) >= 11 is 0. The van der Waals surface area contributed by atoms with Crippen LogP contribution in [0.1, 0.15) is 31.4 Å². The lowest BCUT2D eigenvalue weighted by atomic mass is 10.2. The zero-order valence-corrected chi connectivity index (χ0v) is 16.1. The Kier molecular flexibility index (Phi) is 6.26. The number of hydrogen-bond donors (Lipinski definition) is 1. The number of nitrogens with one attached hydrogen (secondary N) is 1. The highest BCUT2D eigenvalue weighted by Crippen LogP contribution is 2.30. The van der Waals surface area contributed by atoms with Crippen LogP contribution in [-0.4, -0.2) is 49.0 Å². The standard InChI is InChI=1S/C15H22N4O4S.ClH/c1-10(16-3)8-14-17-15(23-18-14)12-9-13(11(2)22-12)24(20,21)19-6-4-5-7-19;/h9-10,16H,4-8H2,1-3H3;1H. The summed E-state index contributed by atoms with van der Waals surface area (Å²) in [6.07, 6.45) is 2.39. The molecule has 0 aliphatic carbocycles. The summed E-state index contributed by atoms with van der Waals surface area (Å²) in [5.41, 5.74) is 0. The second kappa shape index (κ2) is 7.86. The van der Waals surface area contributed by atoms with Crippen molar-refractivity contribution < 1.29 is 17.4 Å². The molecule has 0 aromatic carbocycles. The molecular formula is C15H23ClN4O4S. The number of hydrogen-bond acceptors (Lipinski definition) is 7. The van der Waals surface area contributed by atoms with Crippen molar-refractivity contribution in [2.24, 2.45) is 0 Å². The van der Waals surface area contributed by atoms with Crippen molar-refractivity contribution in [1.29, 1.82) is 0 Å². The molecule has 1 unspecified atom stereocenters. The van der Waals surface area contributed by atoms with E-state index in [0.29, 0.717) is 31.1 Å². The molecule has 0 saturated carbocycles. The Morgan fingerprint density at radius 2 is 2.04 bits per heavy atom. The topological polar surface area (TPSA) is 101 Å². The molecule has 1 N–H and O–H groups in total. The number of likely N-dealkylation sites (N-methyl/N-ethyl adjacent to an activating group) is 1. The zero-order valence-electron chi connectivity index (χ0n) is 14.5. The SMILES string of the molecule is CNC(C)Cc1noc(-c2cc(S(=O)(=O)N3CCCC3)c(C)o2)n1.Cl. The van der Waals surface area contributed by atoms with Crippen LogP contribution < -0.4 is 5.32 Å². The van der Waals surface area contributed by atoms with Crippen molar-refractivity contribution in [2.45, 2.75) is 44.0 Å². The van der Waals surface area contributed by atoms with Gasteiger partial charge in [-0.15, -0.1) is 12.4 Å². The molecule has 8 nitrogen and oxygen atoms in total. The molecule has 3 heterocycles. The van der Waals surface area contributed by atoms with E-state index in [4.69, 9.17) is 8.94 Å². The molecule has 2 aromatic rings. The molecule has 0 amide bonds. The zero-order chi connectivity index (χ0) is 17.3. The van der Waals surface area contributed by atoms with Crippen LogP contribution in [0.3, 0.4) is 0 Å². The van der Waals surface area contributed by atoms with Gasteiger partial charge in [0.15, 0.2) is 11.6 Å². The molecule has 2 aromatic heterocycles. The Hall–Kier alpha value is -1.42. The lowest BCUT2D eigenvalue weighted by Crippen LogP contribution is -2.27. The van der Waals surface area contributed by atoms with Crippen LogP contribution >= 0.6 is 12.4 Å². The predicted molar refractivity (Wildman–Crippen MR) is 94.2 cm³/mol. The largest absolute Gasteiger partial charge is 0.455 e. The molecule has 10 heteroatoms. The molecule has 0 bridgehead atoms. The minimum Gasteiger partial charge on any atom is -0.455 e. The van der Waals surface area contributed by atoms with Crippen molar-refractivity contribution in [3.8, 4) is 11.7 Å². The van der Waals surface area contributed by atoms with E-state index < -0.39 is 10.0 Å². The molecule has 1 saturated heterocycles. The monoisotopic (exact) mass is 390 g/mol. The Bertz CT molecular complexity index is 811. The van der Waals surface area contributed by atoms with Crippen LogP contribution in [-0.2, 0) is 16.4 Å². The smallest absolute Gasteiger partial charge is 0.293 e. The van der Waals surface area contributed by atoms with E-state index in [2.05, 4.69) is 15.5 Å². The lowest BCUT2D eigenvalue weighted by molar-refractivity contribution is 0.403. The first-order chi connectivity index (χ1) is 11.4. The number of aryl methyl sites for hydroxylation is 1. The van der Waals surface area contributed by atoms with Crippen molar-refractivity contribution in [3.05, 3.63) is 17.7 Å². The van der Waals surface area contributed by atoms with Gasteiger partial charge >= 0.3 is 0 Å². The Morgan fingerprint density at radius 3 is 2.68 bits per heavy atom. The second-order valence-corrected chi connectivity index (χ2v) is 7.96. The Morgan fingerprint density at radius 1 is 1.36 bits per heavy atom. The van der Waals surface area contributed by atoms with Gasteiger partial charge in [0.1, 0.15) is 10.7 Å². The normalized spacial score (nSPS) is 16.8. The van der Waals surface area contributed by atoms with E-state index in [0.717, 1.165) is 12.8 Å². The molecule has 140 valence electrons. The number of sulfonamides is 1. The third-order valence-electron chi connectivity index (χ3n) is 4.22. The van der Waals surface area contributed by atoms with Gasteiger partial charge in [0.2, 0.25) is 10.0 Å². The van der Waals surface area contributed by atoms with E-state index in [1.165, 1.54) is 10.4 Å². The molecule has 1 atom stereocenters. The fraction of sp³-hybridized carbons (Fsp3) is 0.600. The first-order valence-electron chi connectivity index (χ1n) is 8.02. The van der Waals surface area contributed by atoms with Crippen LogP contribution in [0.25, 0.3) is 11.7 Å². The summed E-state index contributed by atoms with van der Waals surface area (Å²) < 4.78 is 37.6. The van der Waals surface area contributed by atoms with E-state index in [1.807, 2.05) is 14.0 Å². The fourth-order valence-corrected chi connectivity index (χ4v) is 4.39. The minimum absolute atomic E-state index is 0. The highest BCUT2D eigenvalue weighted by molar-refractivity contribution is 7.89. The van der Waals surface area contributed by atoms with Crippen molar-refractivity contribution in [1.82, 2.24) is 19.8 Å². The molecule has 0 radical (unpaired) electrons. The van der Waals surface area contributed by atoms with Gasteiger partial charge in [-0.05, 0) is 33.7 Å². The van der Waals surface area contributed by atoms with Gasteiger partial charge in [-0.1, -0.05) is 5.16 Å². The summed E-state index contributed by atoms with van der Waals surface area (Å²) in [6.45, 7) is 4.74. The third-order valence-corrected chi connectivity index (χ3v) is 6.22. The van der Waals surface area contributed by atoms with Crippen LogP contribution in [0.15, 0.2) is 19.9 Å². The molecule has 1 aliphatic rings. The first-order valence-corrected chi connectivity index (χ1v) is 9.46. The number of rotatable bonds is 6. The Balaban J connectivity index is 0.00000225. The molecule has 1 fully saturated rings. The number of halogens is 1. The highest BCUT2D eigenvalue weighted by atomic mass is 35.5. The summed E-state index contributed by atoms with van der Waals surface area (Å²) in [4.78, 5) is 4.45. The van der Waals surface area contributed by atoms with Crippen LogP contribution in [0.2, 0.25) is 0 Å². The lowest BCUT2D eigenvalue weighted by Gasteiger charge is -2.14. The molecule has 0 spiro atoms. The Labute approximate surface area is 153 Å². The van der Waals surface area contributed by atoms with Crippen molar-refractivity contribution in [2.75, 3.05) is 20.1 Å². The quantitative estimate of drug-likeness (QED) is 0.804. The summed E-state index contributed by atoms with van der Waals surface area (Å²) in [5.74, 6) is 1.35. The van der Waals surface area contributed by atoms with E-state index in [1.54, 1.807) is 6.92 Å². The molecule has 25 heavy (non-hydrogen) atoms. The van der Waals surface area contributed by atoms with Gasteiger partial charge in [0.05, 0.1) is 0 Å². The van der Waals surface area contributed by atoms with Crippen molar-refractivity contribution in [3.63, 3.8) is 0 Å². The average Bonchev–Trinajstić information content (AvgIpc) is 3.26. The maximum absolute atomic E-state index is 12.7.